The summed E-state index contributed by atoms with van der Waals surface area (Å²) in [4.78, 5) is 172. The molecule has 11 atom stereocenters. The van der Waals surface area contributed by atoms with Crippen LogP contribution in [0, 0.1) is 11.8 Å². The van der Waals surface area contributed by atoms with Crippen LogP contribution in [0.25, 0.3) is 10.9 Å². The molecule has 0 spiro atoms. The van der Waals surface area contributed by atoms with Gasteiger partial charge in [0, 0.05) is 94.1 Å². The Bertz CT molecular complexity index is 2930. The highest BCUT2D eigenvalue weighted by Gasteiger charge is 2.45. The molecule has 5 aliphatic rings. The molecule has 2 fully saturated rings. The molecular formula is C51H69N13O17S. The van der Waals surface area contributed by atoms with Gasteiger partial charge >= 0.3 is 0 Å². The monoisotopic (exact) mass is 1170 g/mol. The van der Waals surface area contributed by atoms with Crippen molar-refractivity contribution in [2.75, 3.05) is 64.7 Å². The van der Waals surface area contributed by atoms with Crippen molar-refractivity contribution in [2.24, 2.45) is 17.6 Å². The summed E-state index contributed by atoms with van der Waals surface area (Å²) in [6.07, 6.45) is -2.61. The first-order valence-electron chi connectivity index (χ1n) is 26.8. The number of aliphatic hydroxyl groups is 3. The van der Waals surface area contributed by atoms with Gasteiger partial charge in [-0.3, -0.25) is 71.5 Å². The van der Waals surface area contributed by atoms with E-state index in [0.29, 0.717) is 6.42 Å². The van der Waals surface area contributed by atoms with E-state index in [-0.39, 0.29) is 84.4 Å². The SMILES string of the molecule is CC[C@H](C)[C@@H]1NC(=O)CNC(=O)[C@H]2Cc3c([nH]c4c(CN5CCN(C(=O)CCN6C(=O)C=CC6=O)CC5)c(O)ccc34)S(=O)C[C@@H](NC(=O)CNC1=O)C(=O)N[C@@H](CC(N)=O)C(=O)N1C[C@H](O)C[C@H]1C(=O)N[C@@H]([C@H](C)[C@H](O)CO)C(=O)N2. The van der Waals surface area contributed by atoms with Crippen molar-refractivity contribution in [2.45, 2.75) is 113 Å². The van der Waals surface area contributed by atoms with Gasteiger partial charge in [0.15, 0.2) is 0 Å². The second-order valence-corrected chi connectivity index (χ2v) is 22.4. The molecule has 1 aromatic heterocycles. The Hall–Kier alpha value is -7.87. The molecule has 2 bridgehead atoms. The smallest absolute Gasteiger partial charge is 0.253 e. The van der Waals surface area contributed by atoms with Crippen molar-refractivity contribution in [3.8, 4) is 5.75 Å². The maximum Gasteiger partial charge on any atom is 0.253 e. The predicted octanol–water partition coefficient (Wildman–Crippen LogP) is -6.96. The molecule has 6 heterocycles. The highest BCUT2D eigenvalue weighted by Crippen LogP contribution is 2.35. The van der Waals surface area contributed by atoms with E-state index in [4.69, 9.17) is 5.73 Å². The van der Waals surface area contributed by atoms with Gasteiger partial charge in [0.1, 0.15) is 47.0 Å². The molecule has 1 aromatic carbocycles. The maximum atomic E-state index is 15.3. The number of nitrogens with two attached hydrogens (primary N) is 1. The zero-order valence-electron chi connectivity index (χ0n) is 45.3. The standard InChI is InChI=1S/C51H69N13O17S/c1-4-24(2)42-48(78)54-18-37(70)55-32-23-82(81)50-28(27-5-6-34(67)29(44(27)60-50)21-61-11-13-62(14-12-61)39(72)9-10-63-40(73)7-8-41(63)74)16-30(45(75)53-19-38(71)58-42)56-49(79)43(25(3)35(68)22-65)59-47(77)33-15-26(66)20-64(33)51(80)31(17-36(52)69)57-46(32)76/h5-8,24-26,30-33,35,42-43,60,65-68H,4,9-23H2,1-3H3,(H2,52,69)(H,53,75)(H,54,78)(H,55,70)(H,56,79)(H,57,76)(H,58,71)(H,59,77)/t24-,25+,26+,30+,31-,32+,33-,35+,42-,43-,82?/m0/s1. The van der Waals surface area contributed by atoms with Crippen molar-refractivity contribution in [1.29, 1.82) is 0 Å². The number of aromatic hydroxyl groups is 1. The molecule has 446 valence electrons. The van der Waals surface area contributed by atoms with Crippen LogP contribution in [0.4, 0.5) is 0 Å². The molecule has 2 aromatic rings. The average molecular weight is 1170 g/mol. The predicted molar refractivity (Wildman–Crippen MR) is 285 cm³/mol. The summed E-state index contributed by atoms with van der Waals surface area (Å²) in [7, 11) is -2.52. The zero-order chi connectivity index (χ0) is 59.9. The van der Waals surface area contributed by atoms with E-state index in [1.54, 1.807) is 18.7 Å². The van der Waals surface area contributed by atoms with Gasteiger partial charge in [0.05, 0.1) is 60.4 Å². The van der Waals surface area contributed by atoms with E-state index in [9.17, 15) is 78.0 Å². The van der Waals surface area contributed by atoms with Gasteiger partial charge < -0.3 is 78.2 Å². The number of hydrogen-bond donors (Lipinski definition) is 13. The summed E-state index contributed by atoms with van der Waals surface area (Å²) in [6.45, 7) is 2.32. The number of nitrogens with one attached hydrogen (secondary N) is 8. The number of aromatic nitrogens is 1. The second-order valence-electron chi connectivity index (χ2n) is 21.0. The van der Waals surface area contributed by atoms with Crippen LogP contribution < -0.4 is 43.0 Å². The number of carbonyl (C=O) groups excluding carboxylic acids is 12. The number of primary amides is 1. The van der Waals surface area contributed by atoms with E-state index < -0.39 is 187 Å². The van der Waals surface area contributed by atoms with Gasteiger partial charge in [0.25, 0.3) is 11.8 Å². The fraction of sp³-hybridized carbons (Fsp3) is 0.569. The minimum absolute atomic E-state index is 0.0123. The lowest BCUT2D eigenvalue weighted by molar-refractivity contribution is -0.144. The van der Waals surface area contributed by atoms with Crippen LogP contribution in [0.15, 0.2) is 29.3 Å². The van der Waals surface area contributed by atoms with E-state index in [2.05, 4.69) is 42.2 Å². The summed E-state index contributed by atoms with van der Waals surface area (Å²) in [5, 5.41) is 60.6. The fourth-order valence-corrected chi connectivity index (χ4v) is 11.8. The maximum absolute atomic E-state index is 15.3. The van der Waals surface area contributed by atoms with Gasteiger partial charge in [-0.25, -0.2) is 0 Å². The molecule has 12 amide bonds. The number of phenols is 1. The van der Waals surface area contributed by atoms with Crippen LogP contribution in [0.2, 0.25) is 0 Å². The van der Waals surface area contributed by atoms with Crippen LogP contribution in [-0.2, 0) is 81.3 Å². The molecule has 1 unspecified atom stereocenters. The van der Waals surface area contributed by atoms with Gasteiger partial charge in [-0.05, 0) is 23.6 Å². The molecule has 30 nitrogen and oxygen atoms in total. The van der Waals surface area contributed by atoms with Gasteiger partial charge in [-0.15, -0.1) is 0 Å². The zero-order valence-corrected chi connectivity index (χ0v) is 46.1. The lowest BCUT2D eigenvalue weighted by atomic mass is 9.93. The summed E-state index contributed by atoms with van der Waals surface area (Å²) in [5.41, 5.74) is 5.92. The molecule has 31 heteroatoms. The molecular weight excluding hydrogens is 1100 g/mol. The molecule has 7 rings (SSSR count). The third-order valence-electron chi connectivity index (χ3n) is 15.4. The van der Waals surface area contributed by atoms with E-state index in [0.717, 1.165) is 22.0 Å². The Balaban J connectivity index is 1.34. The highest BCUT2D eigenvalue weighted by molar-refractivity contribution is 7.85. The number of benzene rings is 1. The lowest BCUT2D eigenvalue weighted by Crippen LogP contribution is -2.62. The summed E-state index contributed by atoms with van der Waals surface area (Å²) >= 11 is 0. The minimum Gasteiger partial charge on any atom is -0.508 e. The lowest BCUT2D eigenvalue weighted by Gasteiger charge is -2.35. The summed E-state index contributed by atoms with van der Waals surface area (Å²) in [5.74, 6) is -14.0. The third-order valence-corrected chi connectivity index (χ3v) is 16.8. The normalized spacial score (nSPS) is 27.1. The van der Waals surface area contributed by atoms with Crippen molar-refractivity contribution in [3.05, 3.63) is 35.4 Å². The Kier molecular flexibility index (Phi) is 20.2. The number of rotatable bonds is 12. The highest BCUT2D eigenvalue weighted by atomic mass is 32.2. The Labute approximate surface area is 471 Å². The number of phenolic OH excluding ortho intramolecular Hbond substituents is 1. The number of aromatic amines is 1. The first-order chi connectivity index (χ1) is 38.9. The molecule has 5 aliphatic heterocycles. The molecule has 2 saturated heterocycles. The first-order valence-corrected chi connectivity index (χ1v) is 28.1. The van der Waals surface area contributed by atoms with Crippen molar-refractivity contribution < 1.29 is 82.2 Å². The number of hydrogen-bond acceptors (Lipinski definition) is 18. The van der Waals surface area contributed by atoms with Crippen LogP contribution in [0.5, 0.6) is 5.75 Å². The first kappa shape index (κ1) is 61.7. The van der Waals surface area contributed by atoms with E-state index in [1.807, 2.05) is 4.90 Å². The summed E-state index contributed by atoms with van der Waals surface area (Å²) < 4.78 is 15.3. The Morgan fingerprint density at radius 3 is 2.11 bits per heavy atom. The molecule has 14 N–H and O–H groups in total. The van der Waals surface area contributed by atoms with Gasteiger partial charge in [-0.1, -0.05) is 27.2 Å². The largest absolute Gasteiger partial charge is 0.508 e. The van der Waals surface area contributed by atoms with Gasteiger partial charge in [-0.2, -0.15) is 0 Å². The van der Waals surface area contributed by atoms with Crippen LogP contribution >= 0.6 is 0 Å². The van der Waals surface area contributed by atoms with Crippen LogP contribution in [0.1, 0.15) is 57.6 Å². The van der Waals surface area contributed by atoms with Crippen molar-refractivity contribution >= 4 is 92.6 Å². The fourth-order valence-electron chi connectivity index (χ4n) is 10.4. The Morgan fingerprint density at radius 2 is 1.46 bits per heavy atom. The number of H-pyrrole nitrogens is 1. The number of aliphatic hydroxyl groups excluding tert-OH is 3. The molecule has 0 radical (unpaired) electrons. The third kappa shape index (κ3) is 14.4. The second kappa shape index (κ2) is 26.8. The number of nitrogens with zero attached hydrogens (tertiary/aromatic N) is 4. The molecule has 82 heavy (non-hydrogen) atoms. The van der Waals surface area contributed by atoms with Crippen molar-refractivity contribution in [3.63, 3.8) is 0 Å². The summed E-state index contributed by atoms with van der Waals surface area (Å²) in [6, 6.07) is -7.65. The average Bonchev–Trinajstić information content (AvgIpc) is 4.22. The van der Waals surface area contributed by atoms with Crippen LogP contribution in [-0.4, -0.2) is 233 Å². The van der Waals surface area contributed by atoms with Gasteiger partial charge in [0.2, 0.25) is 59.1 Å². The van der Waals surface area contributed by atoms with E-state index in [1.165, 1.54) is 19.1 Å². The Morgan fingerprint density at radius 1 is 0.805 bits per heavy atom. The molecule has 0 aliphatic carbocycles. The quantitative estimate of drug-likeness (QED) is 0.0879. The topological polar surface area (TPSA) is 442 Å². The van der Waals surface area contributed by atoms with E-state index >= 15 is 4.21 Å². The molecule has 0 saturated carbocycles. The minimum atomic E-state index is -2.52. The van der Waals surface area contributed by atoms with Crippen molar-refractivity contribution in [1.82, 2.24) is 61.8 Å². The number of carbonyl (C=O) groups is 12. The number of piperazine rings is 1. The number of imide groups is 1. The number of fused-ring (bicyclic) bond motifs is 5. The number of amides is 12. The van der Waals surface area contributed by atoms with Crippen LogP contribution in [0.3, 0.4) is 0 Å².